The minimum Gasteiger partial charge on any atom is -0.374 e. The first-order valence-corrected chi connectivity index (χ1v) is 4.06. The van der Waals surface area contributed by atoms with Gasteiger partial charge in [0.05, 0.1) is 6.54 Å². The van der Waals surface area contributed by atoms with Gasteiger partial charge in [0.25, 0.3) is 5.91 Å². The number of nitrogen functional groups attached to an aromatic ring is 1. The molecule has 1 heterocycles. The Hall–Kier alpha value is -1.70. The Kier molecular flexibility index (Phi) is 2.75. The predicted octanol–water partition coefficient (Wildman–Crippen LogP) is -1.66. The number of carbonyl (C=O) groups excluding carboxylic acids is 2. The van der Waals surface area contributed by atoms with E-state index in [-0.39, 0.29) is 16.7 Å². The Labute approximate surface area is 77.1 Å². The van der Waals surface area contributed by atoms with E-state index < -0.39 is 11.8 Å². The van der Waals surface area contributed by atoms with Crippen LogP contribution in [0.4, 0.5) is 5.13 Å². The molecule has 0 bridgehead atoms. The Bertz CT molecular complexity index is 335. The molecule has 0 saturated heterocycles. The molecule has 0 spiro atoms. The van der Waals surface area contributed by atoms with Crippen LogP contribution in [0.15, 0.2) is 0 Å². The highest BCUT2D eigenvalue weighted by Gasteiger charge is 2.11. The van der Waals surface area contributed by atoms with Crippen LogP contribution in [0.3, 0.4) is 0 Å². The molecule has 0 fully saturated rings. The van der Waals surface area contributed by atoms with E-state index in [0.717, 1.165) is 11.3 Å². The van der Waals surface area contributed by atoms with Gasteiger partial charge in [0, 0.05) is 0 Å². The van der Waals surface area contributed by atoms with Crippen molar-refractivity contribution in [2.75, 3.05) is 12.3 Å². The maximum atomic E-state index is 11.1. The first-order valence-electron chi connectivity index (χ1n) is 3.25. The monoisotopic (exact) mass is 201 g/mol. The standard InChI is InChI=1S/C5H7N5O2S/c6-2(11)1-8-3(12)4-9-10-5(7)13-4/h1H2,(H2,6,11)(H2,7,10)(H,8,12). The van der Waals surface area contributed by atoms with Crippen LogP contribution in [-0.4, -0.2) is 28.6 Å². The molecule has 1 rings (SSSR count). The van der Waals surface area contributed by atoms with Crippen LogP contribution < -0.4 is 16.8 Å². The molecule has 0 aliphatic heterocycles. The van der Waals surface area contributed by atoms with Gasteiger partial charge in [0.15, 0.2) is 0 Å². The van der Waals surface area contributed by atoms with Crippen molar-refractivity contribution in [2.24, 2.45) is 5.73 Å². The summed E-state index contributed by atoms with van der Waals surface area (Å²) in [6, 6.07) is 0. The lowest BCUT2D eigenvalue weighted by atomic mass is 10.5. The summed E-state index contributed by atoms with van der Waals surface area (Å²) in [5.41, 5.74) is 10.1. The fourth-order valence-corrected chi connectivity index (χ4v) is 1.10. The third kappa shape index (κ3) is 2.67. The Morgan fingerprint density at radius 1 is 1.46 bits per heavy atom. The van der Waals surface area contributed by atoms with Crippen LogP contribution in [0, 0.1) is 0 Å². The van der Waals surface area contributed by atoms with Crippen LogP contribution in [0.1, 0.15) is 9.80 Å². The van der Waals surface area contributed by atoms with Crippen LogP contribution >= 0.6 is 11.3 Å². The van der Waals surface area contributed by atoms with Gasteiger partial charge in [-0.15, -0.1) is 10.2 Å². The van der Waals surface area contributed by atoms with Crippen LogP contribution in [0.5, 0.6) is 0 Å². The lowest BCUT2D eigenvalue weighted by molar-refractivity contribution is -0.117. The fourth-order valence-electron chi connectivity index (χ4n) is 0.569. The molecular weight excluding hydrogens is 194 g/mol. The highest BCUT2D eigenvalue weighted by molar-refractivity contribution is 7.16. The van der Waals surface area contributed by atoms with E-state index in [1.54, 1.807) is 0 Å². The van der Waals surface area contributed by atoms with Crippen molar-refractivity contribution >= 4 is 28.3 Å². The average Bonchev–Trinajstić information content (AvgIpc) is 2.47. The smallest absolute Gasteiger partial charge is 0.282 e. The summed E-state index contributed by atoms with van der Waals surface area (Å²) >= 11 is 0.939. The molecule has 0 aliphatic rings. The number of primary amides is 1. The third-order valence-corrected chi connectivity index (χ3v) is 1.81. The number of carbonyl (C=O) groups is 2. The van der Waals surface area contributed by atoms with Crippen molar-refractivity contribution in [1.29, 1.82) is 0 Å². The molecule has 0 saturated carbocycles. The topological polar surface area (TPSA) is 124 Å². The van der Waals surface area contributed by atoms with Gasteiger partial charge in [0.1, 0.15) is 0 Å². The molecule has 0 atom stereocenters. The van der Waals surface area contributed by atoms with Gasteiger partial charge >= 0.3 is 0 Å². The number of nitrogens with two attached hydrogens (primary N) is 2. The van der Waals surface area contributed by atoms with Crippen molar-refractivity contribution < 1.29 is 9.59 Å². The number of rotatable bonds is 3. The van der Waals surface area contributed by atoms with Gasteiger partial charge in [-0.3, -0.25) is 9.59 Å². The third-order valence-electron chi connectivity index (χ3n) is 1.06. The van der Waals surface area contributed by atoms with Crippen molar-refractivity contribution in [3.8, 4) is 0 Å². The highest BCUT2D eigenvalue weighted by atomic mass is 32.1. The first kappa shape index (κ1) is 9.39. The summed E-state index contributed by atoms with van der Waals surface area (Å²) in [6.45, 7) is -0.224. The number of amides is 2. The fraction of sp³-hybridized carbons (Fsp3) is 0.200. The zero-order chi connectivity index (χ0) is 9.84. The molecular formula is C5H7N5O2S. The minimum absolute atomic E-state index is 0.110. The van der Waals surface area contributed by atoms with Gasteiger partial charge in [-0.2, -0.15) is 0 Å². The van der Waals surface area contributed by atoms with Crippen molar-refractivity contribution in [2.45, 2.75) is 0 Å². The van der Waals surface area contributed by atoms with Gasteiger partial charge in [0.2, 0.25) is 16.0 Å². The van der Waals surface area contributed by atoms with Gasteiger partial charge in [-0.1, -0.05) is 11.3 Å². The molecule has 2 amide bonds. The number of hydrogen-bond acceptors (Lipinski definition) is 6. The molecule has 5 N–H and O–H groups in total. The Morgan fingerprint density at radius 2 is 2.15 bits per heavy atom. The number of aromatic nitrogens is 2. The van der Waals surface area contributed by atoms with Gasteiger partial charge < -0.3 is 16.8 Å². The number of nitrogens with zero attached hydrogens (tertiary/aromatic N) is 2. The van der Waals surface area contributed by atoms with Crippen LogP contribution in [0.2, 0.25) is 0 Å². The van der Waals surface area contributed by atoms with E-state index in [9.17, 15) is 9.59 Å². The van der Waals surface area contributed by atoms with Crippen molar-refractivity contribution in [1.82, 2.24) is 15.5 Å². The summed E-state index contributed by atoms with van der Waals surface area (Å²) < 4.78 is 0. The lowest BCUT2D eigenvalue weighted by Crippen LogP contribution is -2.33. The Balaban J connectivity index is 2.54. The van der Waals surface area contributed by atoms with Crippen molar-refractivity contribution in [3.05, 3.63) is 5.01 Å². The van der Waals surface area contributed by atoms with E-state index in [1.807, 2.05) is 0 Å². The second-order valence-electron chi connectivity index (χ2n) is 2.09. The van der Waals surface area contributed by atoms with E-state index in [1.165, 1.54) is 0 Å². The molecule has 8 heteroatoms. The number of nitrogens with one attached hydrogen (secondary N) is 1. The summed E-state index contributed by atoms with van der Waals surface area (Å²) in [5, 5.41) is 9.47. The number of hydrogen-bond donors (Lipinski definition) is 3. The van der Waals surface area contributed by atoms with E-state index >= 15 is 0 Å². The normalized spacial score (nSPS) is 9.54. The molecule has 1 aromatic rings. The molecule has 0 aromatic carbocycles. The largest absolute Gasteiger partial charge is 0.374 e. The zero-order valence-corrected chi connectivity index (χ0v) is 7.30. The molecule has 0 unspecified atom stereocenters. The minimum atomic E-state index is -0.620. The van der Waals surface area contributed by atoms with Gasteiger partial charge in [-0.05, 0) is 0 Å². The zero-order valence-electron chi connectivity index (χ0n) is 6.48. The predicted molar refractivity (Wildman–Crippen MR) is 45.8 cm³/mol. The quantitative estimate of drug-likeness (QED) is 0.539. The summed E-state index contributed by atoms with van der Waals surface area (Å²) in [5.74, 6) is -1.13. The molecule has 1 aromatic heterocycles. The lowest BCUT2D eigenvalue weighted by Gasteiger charge is -1.96. The van der Waals surface area contributed by atoms with E-state index in [4.69, 9.17) is 11.5 Å². The second kappa shape index (κ2) is 3.81. The van der Waals surface area contributed by atoms with E-state index in [2.05, 4.69) is 15.5 Å². The molecule has 13 heavy (non-hydrogen) atoms. The maximum absolute atomic E-state index is 11.1. The molecule has 0 radical (unpaired) electrons. The van der Waals surface area contributed by atoms with E-state index in [0.29, 0.717) is 0 Å². The highest BCUT2D eigenvalue weighted by Crippen LogP contribution is 2.09. The SMILES string of the molecule is NC(=O)CNC(=O)c1nnc(N)s1. The summed E-state index contributed by atoms with van der Waals surface area (Å²) in [4.78, 5) is 21.4. The van der Waals surface area contributed by atoms with Crippen LogP contribution in [0.25, 0.3) is 0 Å². The average molecular weight is 201 g/mol. The summed E-state index contributed by atoms with van der Waals surface area (Å²) in [7, 11) is 0. The Morgan fingerprint density at radius 3 is 2.62 bits per heavy atom. The molecule has 0 aliphatic carbocycles. The number of anilines is 1. The molecule has 70 valence electrons. The summed E-state index contributed by atoms with van der Waals surface area (Å²) in [6.07, 6.45) is 0. The maximum Gasteiger partial charge on any atom is 0.282 e. The second-order valence-corrected chi connectivity index (χ2v) is 3.10. The van der Waals surface area contributed by atoms with Gasteiger partial charge in [-0.25, -0.2) is 0 Å². The molecule has 7 nitrogen and oxygen atoms in total. The van der Waals surface area contributed by atoms with Crippen molar-refractivity contribution in [3.63, 3.8) is 0 Å². The van der Waals surface area contributed by atoms with Crippen LogP contribution in [-0.2, 0) is 4.79 Å². The first-order chi connectivity index (χ1) is 6.09.